The van der Waals surface area contributed by atoms with E-state index in [4.69, 9.17) is 4.99 Å². The van der Waals surface area contributed by atoms with Gasteiger partial charge in [0.05, 0.1) is 11.9 Å². The molecule has 26 heavy (non-hydrogen) atoms. The Hall–Kier alpha value is -2.18. The van der Waals surface area contributed by atoms with E-state index in [1.54, 1.807) is 0 Å². The molecule has 2 nitrogen and oxygen atoms in total. The molecule has 0 saturated heterocycles. The Morgan fingerprint density at radius 1 is 0.962 bits per heavy atom. The van der Waals surface area contributed by atoms with Crippen LogP contribution in [0.25, 0.3) is 0 Å². The highest BCUT2D eigenvalue weighted by atomic mass is 31.1. The lowest BCUT2D eigenvalue weighted by atomic mass is 10.1. The molecular weight excluding hydrogens is 335 g/mol. The zero-order valence-electron chi connectivity index (χ0n) is 16.1. The topological polar surface area (TPSA) is 15.6 Å². The van der Waals surface area contributed by atoms with Crippen LogP contribution in [0.5, 0.6) is 0 Å². The number of amidine groups is 1. The third-order valence-corrected chi connectivity index (χ3v) is 7.29. The quantitative estimate of drug-likeness (QED) is 0.428. The van der Waals surface area contributed by atoms with Crippen LogP contribution in [-0.2, 0) is 0 Å². The lowest BCUT2D eigenvalue weighted by Crippen LogP contribution is -2.21. The molecule has 0 fully saturated rings. The van der Waals surface area contributed by atoms with Crippen molar-refractivity contribution in [3.8, 4) is 0 Å². The first kappa shape index (κ1) is 18.6. The van der Waals surface area contributed by atoms with Gasteiger partial charge in [0, 0.05) is 14.1 Å². The van der Waals surface area contributed by atoms with Gasteiger partial charge in [0.1, 0.15) is 0 Å². The van der Waals surface area contributed by atoms with Crippen LogP contribution in [0.15, 0.2) is 88.7 Å². The second kappa shape index (κ2) is 8.47. The predicted molar refractivity (Wildman–Crippen MR) is 116 cm³/mol. The summed E-state index contributed by atoms with van der Waals surface area (Å²) in [6.07, 6.45) is 5.63. The zero-order chi connectivity index (χ0) is 18.5. The van der Waals surface area contributed by atoms with Gasteiger partial charge in [-0.05, 0) is 49.7 Å². The fraction of sp³-hybridized carbons (Fsp3) is 0.261. The van der Waals surface area contributed by atoms with Crippen LogP contribution in [0, 0.1) is 0 Å². The van der Waals surface area contributed by atoms with Gasteiger partial charge in [-0.25, -0.2) is 0 Å². The molecule has 0 N–H and O–H groups in total. The largest absolute Gasteiger partial charge is 0.367 e. The number of allylic oxidation sites excluding steroid dienone is 3. The van der Waals surface area contributed by atoms with E-state index < -0.39 is 7.92 Å². The molecule has 0 heterocycles. The Morgan fingerprint density at radius 3 is 2.00 bits per heavy atom. The average Bonchev–Trinajstić information content (AvgIpc) is 3.13. The highest BCUT2D eigenvalue weighted by Gasteiger charge is 2.25. The fourth-order valence-corrected chi connectivity index (χ4v) is 5.78. The van der Waals surface area contributed by atoms with Crippen molar-refractivity contribution in [1.29, 1.82) is 0 Å². The Bertz CT molecular complexity index is 780. The zero-order valence-corrected chi connectivity index (χ0v) is 16.9. The molecule has 1 aliphatic rings. The molecular formula is C23H27N2P. The molecule has 0 unspecified atom stereocenters. The molecule has 3 rings (SSSR count). The minimum Gasteiger partial charge on any atom is -0.367 e. The Morgan fingerprint density at radius 2 is 1.50 bits per heavy atom. The van der Waals surface area contributed by atoms with E-state index in [0.717, 1.165) is 12.3 Å². The summed E-state index contributed by atoms with van der Waals surface area (Å²) in [6, 6.07) is 22.0. The predicted octanol–water partition coefficient (Wildman–Crippen LogP) is 4.70. The van der Waals surface area contributed by atoms with Crippen LogP contribution >= 0.6 is 7.92 Å². The summed E-state index contributed by atoms with van der Waals surface area (Å²) in [5.74, 6) is 1.07. The van der Waals surface area contributed by atoms with Gasteiger partial charge in [0.25, 0.3) is 0 Å². The molecule has 1 atom stereocenters. The molecule has 0 saturated carbocycles. The highest BCUT2D eigenvalue weighted by molar-refractivity contribution is 7.77. The van der Waals surface area contributed by atoms with Crippen molar-refractivity contribution in [1.82, 2.24) is 4.90 Å². The monoisotopic (exact) mass is 362 g/mol. The maximum Gasteiger partial charge on any atom is 0.0959 e. The first-order valence-electron chi connectivity index (χ1n) is 9.09. The molecule has 0 radical (unpaired) electrons. The van der Waals surface area contributed by atoms with Crippen LogP contribution in [0.1, 0.15) is 20.3 Å². The van der Waals surface area contributed by atoms with Crippen molar-refractivity contribution in [2.45, 2.75) is 26.3 Å². The highest BCUT2D eigenvalue weighted by Crippen LogP contribution is 2.48. The lowest BCUT2D eigenvalue weighted by molar-refractivity contribution is 0.608. The summed E-state index contributed by atoms with van der Waals surface area (Å²) in [5, 5.41) is 4.25. The van der Waals surface area contributed by atoms with Crippen LogP contribution in [0.4, 0.5) is 0 Å². The van der Waals surface area contributed by atoms with Gasteiger partial charge in [0.15, 0.2) is 0 Å². The molecule has 3 heteroatoms. The first-order valence-corrected chi connectivity index (χ1v) is 10.4. The molecule has 0 amide bonds. The van der Waals surface area contributed by atoms with Crippen LogP contribution in [0.3, 0.4) is 0 Å². The summed E-state index contributed by atoms with van der Waals surface area (Å²) in [4.78, 5) is 7.01. The van der Waals surface area contributed by atoms with E-state index >= 15 is 0 Å². The van der Waals surface area contributed by atoms with Gasteiger partial charge in [-0.3, -0.25) is 4.99 Å². The fourth-order valence-electron chi connectivity index (χ4n) is 3.17. The van der Waals surface area contributed by atoms with Gasteiger partial charge in [-0.15, -0.1) is 0 Å². The van der Waals surface area contributed by atoms with Crippen LogP contribution < -0.4 is 10.6 Å². The Kier molecular flexibility index (Phi) is 6.06. The van der Waals surface area contributed by atoms with Crippen molar-refractivity contribution in [2.24, 2.45) is 4.99 Å². The van der Waals surface area contributed by atoms with E-state index in [1.807, 2.05) is 0 Å². The minimum atomic E-state index is -0.554. The van der Waals surface area contributed by atoms with Gasteiger partial charge in [-0.2, -0.15) is 0 Å². The Balaban J connectivity index is 2.07. The summed E-state index contributed by atoms with van der Waals surface area (Å²) >= 11 is 0. The SMILES string of the molecule is CC(=N[C@@H](C)C1=C(P(c2ccccc2)c2ccccc2)C=CC1)N(C)C. The normalized spacial score (nSPS) is 15.7. The molecule has 2 aromatic rings. The molecule has 2 aromatic carbocycles. The second-order valence-corrected chi connectivity index (χ2v) is 8.96. The summed E-state index contributed by atoms with van der Waals surface area (Å²) < 4.78 is 0. The molecule has 0 spiro atoms. The molecule has 0 bridgehead atoms. The minimum absolute atomic E-state index is 0.194. The Labute approximate surface area is 158 Å². The number of aliphatic imine (C=N–C) groups is 1. The number of rotatable bonds is 5. The van der Waals surface area contributed by atoms with E-state index in [9.17, 15) is 0 Å². The lowest BCUT2D eigenvalue weighted by Gasteiger charge is -2.23. The third-order valence-electron chi connectivity index (χ3n) is 4.74. The third kappa shape index (κ3) is 4.14. The van der Waals surface area contributed by atoms with E-state index in [0.29, 0.717) is 0 Å². The summed E-state index contributed by atoms with van der Waals surface area (Å²) in [6.45, 7) is 4.30. The van der Waals surface area contributed by atoms with Crippen molar-refractivity contribution >= 4 is 24.4 Å². The molecule has 1 aliphatic carbocycles. The van der Waals surface area contributed by atoms with E-state index in [1.165, 1.54) is 21.5 Å². The smallest absolute Gasteiger partial charge is 0.0959 e. The van der Waals surface area contributed by atoms with E-state index in [-0.39, 0.29) is 6.04 Å². The van der Waals surface area contributed by atoms with Crippen LogP contribution in [-0.4, -0.2) is 30.9 Å². The molecule has 134 valence electrons. The number of hydrogen-bond donors (Lipinski definition) is 0. The van der Waals surface area contributed by atoms with Crippen molar-refractivity contribution < 1.29 is 0 Å². The summed E-state index contributed by atoms with van der Waals surface area (Å²) in [7, 11) is 3.55. The van der Waals surface area contributed by atoms with E-state index in [2.05, 4.69) is 106 Å². The number of hydrogen-bond acceptors (Lipinski definition) is 1. The van der Waals surface area contributed by atoms with Crippen LogP contribution in [0.2, 0.25) is 0 Å². The maximum atomic E-state index is 4.93. The first-order chi connectivity index (χ1) is 12.6. The van der Waals surface area contributed by atoms with Crippen molar-refractivity contribution in [3.05, 3.63) is 83.7 Å². The van der Waals surface area contributed by atoms with Gasteiger partial charge >= 0.3 is 0 Å². The molecule has 0 aliphatic heterocycles. The molecule has 0 aromatic heterocycles. The van der Waals surface area contributed by atoms with Gasteiger partial charge in [0.2, 0.25) is 0 Å². The standard InChI is InChI=1S/C23H27N2P/c1-18(24-19(2)25(3)4)22-16-11-17-23(22)26(20-12-7-5-8-13-20)21-14-9-6-10-15-21/h5-15,17-18H,16H2,1-4H3/t18-/m0/s1. The number of nitrogens with zero attached hydrogens (tertiary/aromatic N) is 2. The van der Waals surface area contributed by atoms with Gasteiger partial charge in [-0.1, -0.05) is 72.8 Å². The van der Waals surface area contributed by atoms with Gasteiger partial charge < -0.3 is 4.90 Å². The number of benzene rings is 2. The average molecular weight is 362 g/mol. The van der Waals surface area contributed by atoms with Crippen molar-refractivity contribution in [2.75, 3.05) is 14.1 Å². The van der Waals surface area contributed by atoms with Crippen molar-refractivity contribution in [3.63, 3.8) is 0 Å². The maximum absolute atomic E-state index is 4.93. The summed E-state index contributed by atoms with van der Waals surface area (Å²) in [5.41, 5.74) is 1.45. The second-order valence-electron chi connectivity index (χ2n) is 6.77.